The number of benzene rings is 1. The third kappa shape index (κ3) is 3.35. The first-order valence-corrected chi connectivity index (χ1v) is 8.30. The number of hydrogen-bond donors (Lipinski definition) is 1. The van der Waals surface area contributed by atoms with E-state index in [-0.39, 0.29) is 11.6 Å². The van der Waals surface area contributed by atoms with Crippen molar-refractivity contribution in [2.24, 2.45) is 0 Å². The van der Waals surface area contributed by atoms with Gasteiger partial charge in [-0.1, -0.05) is 11.6 Å². The van der Waals surface area contributed by atoms with Gasteiger partial charge in [0, 0.05) is 31.3 Å². The van der Waals surface area contributed by atoms with Crippen LogP contribution in [-0.4, -0.2) is 28.1 Å². The first-order chi connectivity index (χ1) is 12.0. The fraction of sp³-hybridized carbons (Fsp3) is 0.294. The van der Waals surface area contributed by atoms with Crippen LogP contribution < -0.4 is 10.2 Å². The largest absolute Gasteiger partial charge is 0.318 e. The summed E-state index contributed by atoms with van der Waals surface area (Å²) in [4.78, 5) is 26.1. The molecule has 2 aromatic rings. The first kappa shape index (κ1) is 17.0. The van der Waals surface area contributed by atoms with Crippen LogP contribution in [0.2, 0.25) is 5.02 Å². The highest BCUT2D eigenvalue weighted by molar-refractivity contribution is 6.34. The Kier molecular flexibility index (Phi) is 4.72. The van der Waals surface area contributed by atoms with Gasteiger partial charge in [0.25, 0.3) is 5.91 Å². The van der Waals surface area contributed by atoms with Gasteiger partial charge < -0.3 is 10.2 Å². The Balaban J connectivity index is 1.87. The van der Waals surface area contributed by atoms with Crippen molar-refractivity contribution in [3.8, 4) is 6.07 Å². The lowest BCUT2D eigenvalue weighted by Gasteiger charge is -2.18. The molecule has 2 heterocycles. The number of halogens is 1. The van der Waals surface area contributed by atoms with Crippen LogP contribution in [0.25, 0.3) is 0 Å². The second-order valence-corrected chi connectivity index (χ2v) is 6.04. The van der Waals surface area contributed by atoms with Gasteiger partial charge in [0.05, 0.1) is 16.4 Å². The summed E-state index contributed by atoms with van der Waals surface area (Å²) in [5.74, 6) is -0.396. The number of nitrogens with zero attached hydrogens (tertiary/aromatic N) is 4. The van der Waals surface area contributed by atoms with E-state index in [9.17, 15) is 9.59 Å². The van der Waals surface area contributed by atoms with Crippen LogP contribution >= 0.6 is 11.6 Å². The quantitative estimate of drug-likeness (QED) is 0.910. The van der Waals surface area contributed by atoms with Crippen molar-refractivity contribution in [1.82, 2.24) is 9.78 Å². The molecule has 25 heavy (non-hydrogen) atoms. The maximum absolute atomic E-state index is 12.5. The lowest BCUT2D eigenvalue weighted by atomic mass is 10.1. The molecule has 3 rings (SSSR count). The summed E-state index contributed by atoms with van der Waals surface area (Å²) >= 11 is 6.19. The monoisotopic (exact) mass is 357 g/mol. The lowest BCUT2D eigenvalue weighted by Crippen LogP contribution is -2.24. The van der Waals surface area contributed by atoms with Crippen LogP contribution in [0.3, 0.4) is 0 Å². The van der Waals surface area contributed by atoms with Crippen LogP contribution in [-0.2, 0) is 11.3 Å². The highest BCUT2D eigenvalue weighted by Gasteiger charge is 2.24. The third-order valence-corrected chi connectivity index (χ3v) is 4.33. The minimum atomic E-state index is -0.392. The highest BCUT2D eigenvalue weighted by atomic mass is 35.5. The number of nitrogens with one attached hydrogen (secondary N) is 1. The van der Waals surface area contributed by atoms with E-state index >= 15 is 0 Å². The zero-order chi connectivity index (χ0) is 18.0. The summed E-state index contributed by atoms with van der Waals surface area (Å²) in [6, 6.07) is 6.73. The number of rotatable bonds is 4. The van der Waals surface area contributed by atoms with E-state index < -0.39 is 5.91 Å². The third-order valence-electron chi connectivity index (χ3n) is 4.01. The predicted octanol–water partition coefficient (Wildman–Crippen LogP) is 2.81. The van der Waals surface area contributed by atoms with E-state index in [2.05, 4.69) is 10.4 Å². The molecule has 1 N–H and O–H groups in total. The summed E-state index contributed by atoms with van der Waals surface area (Å²) in [6.45, 7) is 3.07. The fourth-order valence-electron chi connectivity index (χ4n) is 2.72. The van der Waals surface area contributed by atoms with Gasteiger partial charge in [0.1, 0.15) is 6.07 Å². The van der Waals surface area contributed by atoms with Gasteiger partial charge >= 0.3 is 0 Å². The Labute approximate surface area is 149 Å². The summed E-state index contributed by atoms with van der Waals surface area (Å²) in [5, 5.41) is 16.3. The van der Waals surface area contributed by atoms with Crippen LogP contribution in [0.1, 0.15) is 35.8 Å². The number of hydrogen-bond acceptors (Lipinski definition) is 4. The van der Waals surface area contributed by atoms with Gasteiger partial charge in [0.2, 0.25) is 5.91 Å². The maximum atomic E-state index is 12.5. The predicted molar refractivity (Wildman–Crippen MR) is 93.6 cm³/mol. The molecule has 128 valence electrons. The molecule has 1 aromatic heterocycles. The molecule has 8 heteroatoms. The van der Waals surface area contributed by atoms with Gasteiger partial charge in [-0.25, -0.2) is 0 Å². The minimum Gasteiger partial charge on any atom is -0.318 e. The molecule has 0 bridgehead atoms. The zero-order valence-electron chi connectivity index (χ0n) is 13.6. The van der Waals surface area contributed by atoms with Gasteiger partial charge in [-0.05, 0) is 31.5 Å². The Morgan fingerprint density at radius 3 is 2.92 bits per heavy atom. The number of aryl methyl sites for hydroxylation is 1. The molecule has 1 saturated heterocycles. The highest BCUT2D eigenvalue weighted by Crippen LogP contribution is 2.30. The van der Waals surface area contributed by atoms with E-state index in [1.807, 2.05) is 13.0 Å². The standard InChI is InChI=1S/C17H16ClN5O2/c1-2-22-10-14(13(9-19)21-22)20-17(25)11-5-6-12(18)15(8-11)23-7-3-4-16(23)24/h5-6,8,10H,2-4,7H2,1H3,(H,20,25). The molecule has 7 nitrogen and oxygen atoms in total. The Hall–Kier alpha value is -2.85. The zero-order valence-corrected chi connectivity index (χ0v) is 14.4. The second-order valence-electron chi connectivity index (χ2n) is 5.63. The van der Waals surface area contributed by atoms with Crippen LogP contribution in [0.5, 0.6) is 0 Å². The van der Waals surface area contributed by atoms with Crippen molar-refractivity contribution in [2.45, 2.75) is 26.3 Å². The molecule has 0 atom stereocenters. The number of carbonyl (C=O) groups is 2. The van der Waals surface area contributed by atoms with Crippen molar-refractivity contribution in [3.05, 3.63) is 40.7 Å². The molecule has 0 radical (unpaired) electrons. The van der Waals surface area contributed by atoms with Crippen molar-refractivity contribution in [1.29, 1.82) is 5.26 Å². The number of aromatic nitrogens is 2. The molecule has 0 aliphatic carbocycles. The average Bonchev–Trinajstić information content (AvgIpc) is 3.21. The molecule has 1 aromatic carbocycles. The van der Waals surface area contributed by atoms with Crippen molar-refractivity contribution < 1.29 is 9.59 Å². The van der Waals surface area contributed by atoms with Crippen molar-refractivity contribution in [2.75, 3.05) is 16.8 Å². The van der Waals surface area contributed by atoms with Gasteiger partial charge in [-0.3, -0.25) is 14.3 Å². The van der Waals surface area contributed by atoms with Crippen LogP contribution in [0.15, 0.2) is 24.4 Å². The number of amides is 2. The van der Waals surface area contributed by atoms with E-state index in [4.69, 9.17) is 16.9 Å². The minimum absolute atomic E-state index is 0.00422. The van der Waals surface area contributed by atoms with Crippen LogP contribution in [0, 0.1) is 11.3 Å². The summed E-state index contributed by atoms with van der Waals surface area (Å²) in [6.07, 6.45) is 2.86. The molecule has 1 fully saturated rings. The molecule has 0 spiro atoms. The first-order valence-electron chi connectivity index (χ1n) is 7.92. The summed E-state index contributed by atoms with van der Waals surface area (Å²) in [7, 11) is 0. The van der Waals surface area contributed by atoms with Gasteiger partial charge in [-0.15, -0.1) is 0 Å². The maximum Gasteiger partial charge on any atom is 0.255 e. The Morgan fingerprint density at radius 2 is 2.28 bits per heavy atom. The van der Waals surface area contributed by atoms with Crippen molar-refractivity contribution in [3.63, 3.8) is 0 Å². The molecular weight excluding hydrogens is 342 g/mol. The normalized spacial score (nSPS) is 13.8. The van der Waals surface area contributed by atoms with E-state index in [1.54, 1.807) is 34.0 Å². The van der Waals surface area contributed by atoms with E-state index in [0.29, 0.717) is 41.5 Å². The second kappa shape index (κ2) is 6.95. The topological polar surface area (TPSA) is 91.0 Å². The number of anilines is 2. The lowest BCUT2D eigenvalue weighted by molar-refractivity contribution is -0.117. The molecule has 2 amide bonds. The summed E-state index contributed by atoms with van der Waals surface area (Å²) < 4.78 is 1.57. The van der Waals surface area contributed by atoms with Crippen molar-refractivity contribution >= 4 is 34.8 Å². The number of carbonyl (C=O) groups excluding carboxylic acids is 2. The van der Waals surface area contributed by atoms with E-state index in [1.165, 1.54) is 0 Å². The molecular formula is C17H16ClN5O2. The SMILES string of the molecule is CCn1cc(NC(=O)c2ccc(Cl)c(N3CCCC3=O)c2)c(C#N)n1. The fourth-order valence-corrected chi connectivity index (χ4v) is 2.94. The Bertz CT molecular complexity index is 884. The molecule has 0 unspecified atom stereocenters. The smallest absolute Gasteiger partial charge is 0.255 e. The number of nitriles is 1. The average molecular weight is 358 g/mol. The van der Waals surface area contributed by atoms with E-state index in [0.717, 1.165) is 6.42 Å². The molecule has 0 saturated carbocycles. The summed E-state index contributed by atoms with van der Waals surface area (Å²) in [5.41, 5.74) is 1.39. The molecule has 1 aliphatic heterocycles. The Morgan fingerprint density at radius 1 is 1.48 bits per heavy atom. The molecule has 1 aliphatic rings. The van der Waals surface area contributed by atoms with Gasteiger partial charge in [-0.2, -0.15) is 10.4 Å². The van der Waals surface area contributed by atoms with Gasteiger partial charge in [0.15, 0.2) is 5.69 Å². The van der Waals surface area contributed by atoms with Crippen LogP contribution in [0.4, 0.5) is 11.4 Å².